The first kappa shape index (κ1) is 21.0. The second-order valence-electron chi connectivity index (χ2n) is 5.95. The van der Waals surface area contributed by atoms with Gasteiger partial charge in [-0.25, -0.2) is 0 Å². The van der Waals surface area contributed by atoms with Crippen molar-refractivity contribution in [3.63, 3.8) is 0 Å². The number of carbonyl (C=O) groups excluding carboxylic acids is 1. The molecule has 9 heteroatoms. The Labute approximate surface area is 177 Å². The van der Waals surface area contributed by atoms with Gasteiger partial charge in [0.2, 0.25) is 5.91 Å². The van der Waals surface area contributed by atoms with Gasteiger partial charge in [0, 0.05) is 17.6 Å². The van der Waals surface area contributed by atoms with Crippen LogP contribution in [0.2, 0.25) is 5.02 Å². The lowest BCUT2D eigenvalue weighted by Gasteiger charge is -2.07. The SMILES string of the molecule is COc1ccc(-c2nnc(SCC(=O)NCCc3ccc(Cl)cc3)o2)c(OC)c1. The standard InChI is InChI=1S/C20H20ClN3O4S/c1-26-15-7-8-16(17(11-15)27-2)19-23-24-20(28-19)29-12-18(25)22-10-9-13-3-5-14(21)6-4-13/h3-8,11H,9-10,12H2,1-2H3,(H,22,25). The van der Waals surface area contributed by atoms with Crippen LogP contribution in [-0.2, 0) is 11.2 Å². The van der Waals surface area contributed by atoms with Crippen LogP contribution in [0.15, 0.2) is 52.1 Å². The summed E-state index contributed by atoms with van der Waals surface area (Å²) in [6, 6.07) is 12.8. The van der Waals surface area contributed by atoms with Crippen molar-refractivity contribution in [2.75, 3.05) is 26.5 Å². The number of aromatic nitrogens is 2. The summed E-state index contributed by atoms with van der Waals surface area (Å²) in [4.78, 5) is 12.0. The lowest BCUT2D eigenvalue weighted by Crippen LogP contribution is -2.27. The van der Waals surface area contributed by atoms with E-state index in [0.29, 0.717) is 39.7 Å². The minimum absolute atomic E-state index is 0.106. The van der Waals surface area contributed by atoms with E-state index in [1.165, 1.54) is 11.8 Å². The van der Waals surface area contributed by atoms with Crippen LogP contribution in [-0.4, -0.2) is 42.6 Å². The van der Waals surface area contributed by atoms with Gasteiger partial charge in [0.25, 0.3) is 11.1 Å². The van der Waals surface area contributed by atoms with Crippen LogP contribution < -0.4 is 14.8 Å². The highest BCUT2D eigenvalue weighted by molar-refractivity contribution is 7.99. The van der Waals surface area contributed by atoms with Crippen molar-refractivity contribution < 1.29 is 18.7 Å². The number of nitrogens with one attached hydrogen (secondary N) is 1. The smallest absolute Gasteiger partial charge is 0.277 e. The molecule has 0 fully saturated rings. The van der Waals surface area contributed by atoms with Gasteiger partial charge in [-0.1, -0.05) is 35.5 Å². The number of ether oxygens (including phenoxy) is 2. The fourth-order valence-electron chi connectivity index (χ4n) is 2.53. The van der Waals surface area contributed by atoms with Crippen LogP contribution in [0.5, 0.6) is 11.5 Å². The van der Waals surface area contributed by atoms with Crippen molar-refractivity contribution in [1.82, 2.24) is 15.5 Å². The van der Waals surface area contributed by atoms with Crippen LogP contribution in [0.3, 0.4) is 0 Å². The van der Waals surface area contributed by atoms with Gasteiger partial charge < -0.3 is 19.2 Å². The average molecular weight is 434 g/mol. The highest BCUT2D eigenvalue weighted by Crippen LogP contribution is 2.33. The molecule has 0 aliphatic heterocycles. The topological polar surface area (TPSA) is 86.5 Å². The maximum Gasteiger partial charge on any atom is 0.277 e. The first-order chi connectivity index (χ1) is 14.1. The Morgan fingerprint density at radius 3 is 2.66 bits per heavy atom. The largest absolute Gasteiger partial charge is 0.497 e. The van der Waals surface area contributed by atoms with Crippen LogP contribution >= 0.6 is 23.4 Å². The highest BCUT2D eigenvalue weighted by Gasteiger charge is 2.15. The third-order valence-corrected chi connectivity index (χ3v) is 5.09. The Morgan fingerprint density at radius 2 is 1.93 bits per heavy atom. The van der Waals surface area contributed by atoms with Crippen LogP contribution in [0.1, 0.15) is 5.56 Å². The summed E-state index contributed by atoms with van der Waals surface area (Å²) >= 11 is 7.04. The molecule has 29 heavy (non-hydrogen) atoms. The summed E-state index contributed by atoms with van der Waals surface area (Å²) in [5, 5.41) is 11.9. The molecule has 0 unspecified atom stereocenters. The second-order valence-corrected chi connectivity index (χ2v) is 7.32. The molecule has 0 atom stereocenters. The monoisotopic (exact) mass is 433 g/mol. The van der Waals surface area contributed by atoms with E-state index < -0.39 is 0 Å². The van der Waals surface area contributed by atoms with E-state index in [2.05, 4.69) is 15.5 Å². The summed E-state index contributed by atoms with van der Waals surface area (Å²) in [6.45, 7) is 0.541. The van der Waals surface area contributed by atoms with Gasteiger partial charge in [0.1, 0.15) is 11.5 Å². The minimum atomic E-state index is -0.106. The van der Waals surface area contributed by atoms with Crippen LogP contribution in [0.25, 0.3) is 11.5 Å². The van der Waals surface area contributed by atoms with Crippen LogP contribution in [0, 0.1) is 0 Å². The number of halogens is 1. The van der Waals surface area contributed by atoms with Gasteiger partial charge in [-0.2, -0.15) is 0 Å². The first-order valence-corrected chi connectivity index (χ1v) is 10.1. The maximum absolute atomic E-state index is 12.0. The number of methoxy groups -OCH3 is 2. The number of thioether (sulfide) groups is 1. The lowest BCUT2D eigenvalue weighted by molar-refractivity contribution is -0.118. The van der Waals surface area contributed by atoms with Gasteiger partial charge in [-0.05, 0) is 36.2 Å². The predicted molar refractivity (Wildman–Crippen MR) is 112 cm³/mol. The number of benzene rings is 2. The third kappa shape index (κ3) is 5.88. The molecule has 0 radical (unpaired) electrons. The van der Waals surface area contributed by atoms with Crippen molar-refractivity contribution in [2.45, 2.75) is 11.6 Å². The average Bonchev–Trinajstić information content (AvgIpc) is 3.22. The molecule has 0 aliphatic carbocycles. The fraction of sp³-hybridized carbons (Fsp3) is 0.250. The van der Waals surface area contributed by atoms with E-state index in [0.717, 1.165) is 12.0 Å². The summed E-state index contributed by atoms with van der Waals surface area (Å²) in [5.41, 5.74) is 1.76. The van der Waals surface area contributed by atoms with Crippen molar-refractivity contribution >= 4 is 29.3 Å². The van der Waals surface area contributed by atoms with E-state index in [4.69, 9.17) is 25.5 Å². The molecule has 3 rings (SSSR count). The fourth-order valence-corrected chi connectivity index (χ4v) is 3.25. The van der Waals surface area contributed by atoms with Crippen LogP contribution in [0.4, 0.5) is 0 Å². The predicted octanol–water partition coefficient (Wildman–Crippen LogP) is 3.86. The molecule has 0 saturated heterocycles. The molecule has 1 heterocycles. The zero-order valence-electron chi connectivity index (χ0n) is 16.0. The molecule has 2 aromatic carbocycles. The molecule has 1 aromatic heterocycles. The molecule has 1 N–H and O–H groups in total. The molecule has 7 nitrogen and oxygen atoms in total. The molecule has 0 aliphatic rings. The summed E-state index contributed by atoms with van der Waals surface area (Å²) in [7, 11) is 3.13. The summed E-state index contributed by atoms with van der Waals surface area (Å²) in [6.07, 6.45) is 0.732. The van der Waals surface area contributed by atoms with Gasteiger partial charge in [0.05, 0.1) is 25.5 Å². The molecule has 0 bridgehead atoms. The normalized spacial score (nSPS) is 10.6. The van der Waals surface area contributed by atoms with Crippen molar-refractivity contribution in [3.8, 4) is 23.0 Å². The number of rotatable bonds is 9. The van der Waals surface area contributed by atoms with E-state index in [9.17, 15) is 4.79 Å². The Hall–Kier alpha value is -2.71. The summed E-state index contributed by atoms with van der Waals surface area (Å²) in [5.74, 6) is 1.61. The molecule has 152 valence electrons. The zero-order chi connectivity index (χ0) is 20.6. The first-order valence-electron chi connectivity index (χ1n) is 8.79. The Bertz CT molecular complexity index is 963. The van der Waals surface area contributed by atoms with Gasteiger partial charge in [-0.15, -0.1) is 10.2 Å². The van der Waals surface area contributed by atoms with E-state index in [-0.39, 0.29) is 11.7 Å². The quantitative estimate of drug-likeness (QED) is 0.513. The molecular weight excluding hydrogens is 414 g/mol. The van der Waals surface area contributed by atoms with Gasteiger partial charge >= 0.3 is 0 Å². The number of hydrogen-bond acceptors (Lipinski definition) is 7. The van der Waals surface area contributed by atoms with E-state index >= 15 is 0 Å². The Morgan fingerprint density at radius 1 is 1.14 bits per heavy atom. The van der Waals surface area contributed by atoms with Crippen molar-refractivity contribution in [1.29, 1.82) is 0 Å². The zero-order valence-corrected chi connectivity index (χ0v) is 17.5. The molecule has 0 saturated carbocycles. The Kier molecular flexibility index (Phi) is 7.37. The molecule has 3 aromatic rings. The number of carbonyl (C=O) groups is 1. The second kappa shape index (κ2) is 10.2. The van der Waals surface area contributed by atoms with Gasteiger partial charge in [-0.3, -0.25) is 4.79 Å². The lowest BCUT2D eigenvalue weighted by atomic mass is 10.1. The number of amides is 1. The Balaban J connectivity index is 1.50. The third-order valence-electron chi connectivity index (χ3n) is 4.02. The van der Waals surface area contributed by atoms with Gasteiger partial charge in [0.15, 0.2) is 0 Å². The van der Waals surface area contributed by atoms with Crippen molar-refractivity contribution in [2.24, 2.45) is 0 Å². The number of nitrogens with zero attached hydrogens (tertiary/aromatic N) is 2. The number of hydrogen-bond donors (Lipinski definition) is 1. The molecular formula is C20H20ClN3O4S. The van der Waals surface area contributed by atoms with E-state index in [1.54, 1.807) is 32.4 Å². The van der Waals surface area contributed by atoms with Crippen molar-refractivity contribution in [3.05, 3.63) is 53.1 Å². The minimum Gasteiger partial charge on any atom is -0.497 e. The molecule has 0 spiro atoms. The van der Waals surface area contributed by atoms with E-state index in [1.807, 2.05) is 24.3 Å². The summed E-state index contributed by atoms with van der Waals surface area (Å²) < 4.78 is 16.2. The maximum atomic E-state index is 12.0. The molecule has 1 amide bonds. The highest BCUT2D eigenvalue weighted by atomic mass is 35.5.